The van der Waals surface area contributed by atoms with Crippen LogP contribution in [-0.4, -0.2) is 44.4 Å². The molecular formula is C29H38O5. The molecule has 0 saturated heterocycles. The van der Waals surface area contributed by atoms with Crippen molar-refractivity contribution in [2.75, 3.05) is 33.5 Å². The Hall–Kier alpha value is -2.63. The molecule has 184 valence electrons. The molecular weight excluding hydrogens is 428 g/mol. The van der Waals surface area contributed by atoms with E-state index in [0.717, 1.165) is 34.6 Å². The normalized spacial score (nSPS) is 19.8. The fraction of sp³-hybridized carbons (Fsp3) is 0.483. The van der Waals surface area contributed by atoms with Crippen molar-refractivity contribution in [3.05, 3.63) is 76.6 Å². The second kappa shape index (κ2) is 11.2. The molecule has 0 radical (unpaired) electrons. The van der Waals surface area contributed by atoms with Crippen LogP contribution in [0.5, 0.6) is 5.75 Å². The van der Waals surface area contributed by atoms with E-state index >= 15 is 0 Å². The number of Topliss-reactive ketones (excluding diaryl/α,β-unsaturated/α-hetero) is 1. The van der Waals surface area contributed by atoms with Gasteiger partial charge in [-0.25, -0.2) is 0 Å². The number of aliphatic hydroxyl groups is 1. The summed E-state index contributed by atoms with van der Waals surface area (Å²) in [6.45, 7) is 14.2. The number of carbonyl (C=O) groups is 1. The fourth-order valence-corrected chi connectivity index (χ4v) is 4.37. The average Bonchev–Trinajstić information content (AvgIpc) is 3.10. The first-order chi connectivity index (χ1) is 16.1. The monoisotopic (exact) mass is 466 g/mol. The van der Waals surface area contributed by atoms with E-state index in [2.05, 4.69) is 33.4 Å². The molecule has 3 rings (SSSR count). The van der Waals surface area contributed by atoms with E-state index in [-0.39, 0.29) is 36.2 Å². The zero-order valence-electron chi connectivity index (χ0n) is 21.1. The van der Waals surface area contributed by atoms with Crippen LogP contribution in [0, 0.1) is 11.8 Å². The van der Waals surface area contributed by atoms with Gasteiger partial charge in [0.25, 0.3) is 0 Å². The zero-order valence-corrected chi connectivity index (χ0v) is 21.1. The maximum absolute atomic E-state index is 13.4. The molecule has 0 saturated carbocycles. The van der Waals surface area contributed by atoms with Crippen LogP contribution in [0.3, 0.4) is 0 Å². The Labute approximate surface area is 203 Å². The highest BCUT2D eigenvalue weighted by molar-refractivity contribution is 5.97. The molecule has 2 atom stereocenters. The van der Waals surface area contributed by atoms with Crippen molar-refractivity contribution >= 4 is 5.78 Å². The van der Waals surface area contributed by atoms with Crippen LogP contribution in [-0.2, 0) is 14.9 Å². The second-order valence-electron chi connectivity index (χ2n) is 10.1. The summed E-state index contributed by atoms with van der Waals surface area (Å²) in [5.41, 5.74) is 4.94. The van der Waals surface area contributed by atoms with Gasteiger partial charge in [-0.05, 0) is 59.4 Å². The number of fused-ring (bicyclic) bond motifs is 1. The van der Waals surface area contributed by atoms with Crippen LogP contribution < -0.4 is 4.74 Å². The van der Waals surface area contributed by atoms with E-state index in [4.69, 9.17) is 19.3 Å². The molecule has 34 heavy (non-hydrogen) atoms. The summed E-state index contributed by atoms with van der Waals surface area (Å²) in [6.07, 6.45) is 7.35. The Bertz CT molecular complexity index is 1010. The summed E-state index contributed by atoms with van der Waals surface area (Å²) in [7, 11) is 1.68. The van der Waals surface area contributed by atoms with Crippen LogP contribution in [0.1, 0.15) is 56.5 Å². The van der Waals surface area contributed by atoms with E-state index in [1.54, 1.807) is 7.11 Å². The highest BCUT2D eigenvalue weighted by atomic mass is 16.5. The van der Waals surface area contributed by atoms with E-state index < -0.39 is 0 Å². The molecule has 5 nitrogen and oxygen atoms in total. The number of benzene rings is 1. The third-order valence-electron chi connectivity index (χ3n) is 6.36. The maximum atomic E-state index is 13.4. The van der Waals surface area contributed by atoms with Gasteiger partial charge in [0, 0.05) is 44.0 Å². The summed E-state index contributed by atoms with van der Waals surface area (Å²) < 4.78 is 16.7. The molecule has 1 aromatic carbocycles. The predicted octanol–water partition coefficient (Wildman–Crippen LogP) is 5.55. The van der Waals surface area contributed by atoms with Crippen LogP contribution in [0.4, 0.5) is 0 Å². The lowest BCUT2D eigenvalue weighted by molar-refractivity contribution is 0.0973. The second-order valence-corrected chi connectivity index (χ2v) is 10.1. The van der Waals surface area contributed by atoms with E-state index in [1.807, 2.05) is 37.3 Å². The number of ketones is 1. The fourth-order valence-electron chi connectivity index (χ4n) is 4.37. The minimum Gasteiger partial charge on any atom is -0.493 e. The number of aliphatic hydroxyl groups excluding tert-OH is 1. The SMILES string of the molecule is C=C1C(CC(=O)c2cc(OCCCOC)cc(C(C)(C)C)c2)C=C2C(C)=CC(OCCO)=CC12. The van der Waals surface area contributed by atoms with Crippen molar-refractivity contribution in [3.8, 4) is 5.75 Å². The van der Waals surface area contributed by atoms with Gasteiger partial charge in [-0.2, -0.15) is 0 Å². The van der Waals surface area contributed by atoms with Gasteiger partial charge in [0.15, 0.2) is 5.78 Å². The molecule has 0 bridgehead atoms. The Morgan fingerprint density at radius 2 is 1.85 bits per heavy atom. The summed E-state index contributed by atoms with van der Waals surface area (Å²) in [6, 6.07) is 5.88. The third-order valence-corrected chi connectivity index (χ3v) is 6.36. The first-order valence-corrected chi connectivity index (χ1v) is 12.0. The van der Waals surface area contributed by atoms with Gasteiger partial charge < -0.3 is 19.3 Å². The number of hydrogen-bond acceptors (Lipinski definition) is 5. The Balaban J connectivity index is 1.78. The van der Waals surface area contributed by atoms with E-state index in [1.165, 1.54) is 5.57 Å². The topological polar surface area (TPSA) is 65.0 Å². The van der Waals surface area contributed by atoms with Gasteiger partial charge in [0.2, 0.25) is 0 Å². The van der Waals surface area contributed by atoms with Gasteiger partial charge >= 0.3 is 0 Å². The van der Waals surface area contributed by atoms with E-state index in [0.29, 0.717) is 25.2 Å². The van der Waals surface area contributed by atoms with Gasteiger partial charge in [-0.3, -0.25) is 4.79 Å². The Morgan fingerprint density at radius 3 is 2.53 bits per heavy atom. The molecule has 0 fully saturated rings. The number of methoxy groups -OCH3 is 1. The highest BCUT2D eigenvalue weighted by Gasteiger charge is 2.33. The molecule has 0 aliphatic heterocycles. The highest BCUT2D eigenvalue weighted by Crippen LogP contribution is 2.44. The molecule has 2 unspecified atom stereocenters. The summed E-state index contributed by atoms with van der Waals surface area (Å²) in [4.78, 5) is 13.4. The number of hydrogen-bond donors (Lipinski definition) is 1. The number of allylic oxidation sites excluding steroid dienone is 6. The number of rotatable bonds is 11. The molecule has 1 aromatic rings. The van der Waals surface area contributed by atoms with Gasteiger partial charge in [-0.15, -0.1) is 0 Å². The predicted molar refractivity (Wildman–Crippen MR) is 135 cm³/mol. The van der Waals surface area contributed by atoms with Crippen molar-refractivity contribution in [2.24, 2.45) is 11.8 Å². The van der Waals surface area contributed by atoms with Crippen molar-refractivity contribution in [3.63, 3.8) is 0 Å². The summed E-state index contributed by atoms with van der Waals surface area (Å²) in [5, 5.41) is 9.06. The largest absolute Gasteiger partial charge is 0.493 e. The molecule has 0 aromatic heterocycles. The van der Waals surface area contributed by atoms with Gasteiger partial charge in [-0.1, -0.05) is 39.0 Å². The minimum atomic E-state index is -0.105. The van der Waals surface area contributed by atoms with Crippen molar-refractivity contribution in [1.29, 1.82) is 0 Å². The van der Waals surface area contributed by atoms with Crippen molar-refractivity contribution in [1.82, 2.24) is 0 Å². The summed E-state index contributed by atoms with van der Waals surface area (Å²) >= 11 is 0. The first-order valence-electron chi connectivity index (χ1n) is 12.0. The van der Waals surface area contributed by atoms with Gasteiger partial charge in [0.05, 0.1) is 13.2 Å². The smallest absolute Gasteiger partial charge is 0.163 e. The zero-order chi connectivity index (χ0) is 24.9. The van der Waals surface area contributed by atoms with Crippen molar-refractivity contribution < 1.29 is 24.1 Å². The standard InChI is InChI=1S/C29H38O5/c1-19-12-24(34-11-8-30)18-27-20(2)21(15-26(19)27)16-28(31)22-13-23(29(3,4)5)17-25(14-22)33-10-7-9-32-6/h12-15,17-18,21,27,30H,2,7-11,16H2,1,3-6H3. The third kappa shape index (κ3) is 6.28. The van der Waals surface area contributed by atoms with Crippen LogP contribution >= 0.6 is 0 Å². The molecule has 2 aliphatic carbocycles. The Kier molecular flexibility index (Phi) is 8.56. The van der Waals surface area contributed by atoms with Gasteiger partial charge in [0.1, 0.15) is 18.1 Å². The minimum absolute atomic E-state index is 0.0264. The Morgan fingerprint density at radius 1 is 1.09 bits per heavy atom. The number of carbonyl (C=O) groups excluding carboxylic acids is 1. The lowest BCUT2D eigenvalue weighted by atomic mass is 9.84. The lowest BCUT2D eigenvalue weighted by Gasteiger charge is -2.22. The average molecular weight is 467 g/mol. The molecule has 0 spiro atoms. The molecule has 1 N–H and O–H groups in total. The van der Waals surface area contributed by atoms with Crippen molar-refractivity contribution in [2.45, 2.75) is 46.0 Å². The van der Waals surface area contributed by atoms with E-state index in [9.17, 15) is 4.79 Å². The quantitative estimate of drug-likeness (QED) is 0.263. The van der Waals surface area contributed by atoms with Crippen LogP contribution in [0.2, 0.25) is 0 Å². The lowest BCUT2D eigenvalue weighted by Crippen LogP contribution is -2.15. The summed E-state index contributed by atoms with van der Waals surface area (Å²) in [5.74, 6) is 1.55. The molecule has 2 aliphatic rings. The molecule has 0 heterocycles. The van der Waals surface area contributed by atoms with Crippen LogP contribution in [0.15, 0.2) is 65.5 Å². The molecule has 5 heteroatoms. The number of ether oxygens (including phenoxy) is 3. The molecule has 0 amide bonds. The first kappa shape index (κ1) is 26.0. The maximum Gasteiger partial charge on any atom is 0.163 e. The van der Waals surface area contributed by atoms with Crippen LogP contribution in [0.25, 0.3) is 0 Å².